The third-order valence-corrected chi connectivity index (χ3v) is 12.2. The largest absolute Gasteiger partial charge is 0.497 e. The van der Waals surface area contributed by atoms with E-state index in [0.717, 1.165) is 24.2 Å². The van der Waals surface area contributed by atoms with Gasteiger partial charge in [-0.3, -0.25) is 0 Å². The van der Waals surface area contributed by atoms with Crippen molar-refractivity contribution in [3.05, 3.63) is 77.9 Å². The number of hydrogen-bond donors (Lipinski definition) is 1. The molecule has 1 saturated heterocycles. The molecule has 216 valence electrons. The Morgan fingerprint density at radius 1 is 0.949 bits per heavy atom. The average Bonchev–Trinajstić information content (AvgIpc) is 3.67. The summed E-state index contributed by atoms with van der Waals surface area (Å²) < 4.78 is 29.3. The van der Waals surface area contributed by atoms with E-state index < -0.39 is 14.4 Å². The summed E-state index contributed by atoms with van der Waals surface area (Å²) in [6.45, 7) is 13.0. The van der Waals surface area contributed by atoms with Gasteiger partial charge in [0.15, 0.2) is 8.32 Å². The lowest BCUT2D eigenvalue weighted by atomic mass is 10.1. The summed E-state index contributed by atoms with van der Waals surface area (Å²) in [7, 11) is -0.308. The molecule has 0 saturated carbocycles. The first-order valence-corrected chi connectivity index (χ1v) is 17.0. The van der Waals surface area contributed by atoms with Gasteiger partial charge < -0.3 is 28.5 Å². The first-order valence-electron chi connectivity index (χ1n) is 14.1. The van der Waals surface area contributed by atoms with Gasteiger partial charge in [-0.05, 0) is 60.7 Å². The van der Waals surface area contributed by atoms with Gasteiger partial charge in [-0.1, -0.05) is 75.4 Å². The molecule has 0 bridgehead atoms. The summed E-state index contributed by atoms with van der Waals surface area (Å²) >= 11 is 0. The maximum Gasteiger partial charge on any atom is 0.192 e. The Bertz CT molecular complexity index is 986. The summed E-state index contributed by atoms with van der Waals surface area (Å²) in [5.41, 5.74) is 2.22. The second-order valence-electron chi connectivity index (χ2n) is 11.8. The van der Waals surface area contributed by atoms with E-state index >= 15 is 0 Å². The van der Waals surface area contributed by atoms with Crippen molar-refractivity contribution in [3.63, 3.8) is 0 Å². The minimum Gasteiger partial charge on any atom is -0.497 e. The van der Waals surface area contributed by atoms with E-state index in [0.29, 0.717) is 26.2 Å². The third kappa shape index (κ3) is 10.8. The predicted molar refractivity (Wildman–Crippen MR) is 158 cm³/mol. The zero-order valence-corrected chi connectivity index (χ0v) is 25.6. The first-order chi connectivity index (χ1) is 18.6. The number of aliphatic hydroxyl groups is 1. The topological polar surface area (TPSA) is 69.7 Å². The van der Waals surface area contributed by atoms with E-state index in [9.17, 15) is 5.11 Å². The summed E-state index contributed by atoms with van der Waals surface area (Å²) in [5, 5.41) is 11.1. The van der Waals surface area contributed by atoms with E-state index in [1.807, 2.05) is 42.5 Å². The molecule has 0 aromatic heterocycles. The zero-order chi connectivity index (χ0) is 28.3. The van der Waals surface area contributed by atoms with Crippen LogP contribution in [0.2, 0.25) is 18.1 Å². The highest BCUT2D eigenvalue weighted by molar-refractivity contribution is 6.74. The molecule has 1 fully saturated rings. The lowest BCUT2D eigenvalue weighted by Gasteiger charge is -2.37. The van der Waals surface area contributed by atoms with Crippen molar-refractivity contribution in [2.24, 2.45) is 0 Å². The Morgan fingerprint density at radius 3 is 2.31 bits per heavy atom. The van der Waals surface area contributed by atoms with Crippen LogP contribution in [-0.4, -0.2) is 58.2 Å². The molecule has 1 aliphatic heterocycles. The Balaban J connectivity index is 1.43. The van der Waals surface area contributed by atoms with Gasteiger partial charge in [-0.25, -0.2) is 0 Å². The van der Waals surface area contributed by atoms with Crippen molar-refractivity contribution in [2.75, 3.05) is 20.3 Å². The van der Waals surface area contributed by atoms with Crippen molar-refractivity contribution < 1.29 is 28.5 Å². The van der Waals surface area contributed by atoms with Gasteiger partial charge in [0.25, 0.3) is 0 Å². The second kappa shape index (κ2) is 15.1. The first kappa shape index (κ1) is 31.5. The minimum atomic E-state index is -1.96. The summed E-state index contributed by atoms with van der Waals surface area (Å²) in [6, 6.07) is 18.0. The standard InChI is InChI=1S/C32H48O6Si/c1-32(2,3)39(5,6)37-23-28(33)29(36-22-26-17-19-27(34-4)20-18-26)15-11-8-12-16-30-31(38-30)24-35-21-25-13-9-7-10-14-25/h7-10,12-14,17-20,28-31,33H,11,15-16,21-24H2,1-6H3/b12-8-/t28-,29+,30-,31+/m0/s1. The number of epoxide rings is 1. The van der Waals surface area contributed by atoms with Crippen molar-refractivity contribution in [1.82, 2.24) is 0 Å². The number of ether oxygens (including phenoxy) is 4. The smallest absolute Gasteiger partial charge is 0.192 e. The molecular weight excluding hydrogens is 508 g/mol. The van der Waals surface area contributed by atoms with Crippen molar-refractivity contribution in [1.29, 1.82) is 0 Å². The molecule has 0 unspecified atom stereocenters. The third-order valence-electron chi connectivity index (χ3n) is 7.71. The van der Waals surface area contributed by atoms with Crippen LogP contribution in [-0.2, 0) is 31.9 Å². The fraction of sp³-hybridized carbons (Fsp3) is 0.562. The summed E-state index contributed by atoms with van der Waals surface area (Å²) in [6.07, 6.45) is 6.11. The molecule has 1 aliphatic rings. The van der Waals surface area contributed by atoms with Gasteiger partial charge in [-0.15, -0.1) is 0 Å². The maximum absolute atomic E-state index is 11.0. The van der Waals surface area contributed by atoms with E-state index in [4.69, 9.17) is 23.4 Å². The minimum absolute atomic E-state index is 0.0875. The summed E-state index contributed by atoms with van der Waals surface area (Å²) in [4.78, 5) is 0. The van der Waals surface area contributed by atoms with Crippen LogP contribution in [0.3, 0.4) is 0 Å². The van der Waals surface area contributed by atoms with Crippen molar-refractivity contribution in [3.8, 4) is 5.75 Å². The lowest BCUT2D eigenvalue weighted by Crippen LogP contribution is -2.44. The zero-order valence-electron chi connectivity index (χ0n) is 24.6. The molecule has 2 aromatic rings. The number of methoxy groups -OCH3 is 1. The van der Waals surface area contributed by atoms with E-state index in [1.165, 1.54) is 5.56 Å². The van der Waals surface area contributed by atoms with Gasteiger partial charge in [-0.2, -0.15) is 0 Å². The van der Waals surface area contributed by atoms with Crippen LogP contribution in [0.15, 0.2) is 66.7 Å². The Kier molecular flexibility index (Phi) is 12.2. The number of benzene rings is 2. The normalized spacial score (nSPS) is 19.3. The molecule has 0 aliphatic carbocycles. The molecule has 4 atom stereocenters. The van der Waals surface area contributed by atoms with Gasteiger partial charge in [0.1, 0.15) is 18.0 Å². The monoisotopic (exact) mass is 556 g/mol. The van der Waals surface area contributed by atoms with Crippen LogP contribution in [0.25, 0.3) is 0 Å². The highest BCUT2D eigenvalue weighted by atomic mass is 28.4. The van der Waals surface area contributed by atoms with E-state index in [2.05, 4.69) is 58.2 Å². The van der Waals surface area contributed by atoms with Crippen molar-refractivity contribution in [2.45, 2.75) is 95.8 Å². The molecule has 2 aromatic carbocycles. The van der Waals surface area contributed by atoms with Crippen LogP contribution in [0, 0.1) is 0 Å². The Morgan fingerprint density at radius 2 is 1.64 bits per heavy atom. The van der Waals surface area contributed by atoms with Gasteiger partial charge >= 0.3 is 0 Å². The van der Waals surface area contributed by atoms with Crippen LogP contribution >= 0.6 is 0 Å². The molecular formula is C32H48O6Si. The molecule has 3 rings (SSSR count). The van der Waals surface area contributed by atoms with Crippen LogP contribution in [0.1, 0.15) is 51.2 Å². The Hall–Kier alpha value is -2.00. The van der Waals surface area contributed by atoms with Crippen LogP contribution in [0.5, 0.6) is 5.75 Å². The highest BCUT2D eigenvalue weighted by Crippen LogP contribution is 2.36. The molecule has 1 heterocycles. The number of rotatable bonds is 17. The van der Waals surface area contributed by atoms with Gasteiger partial charge in [0.05, 0.1) is 45.7 Å². The second-order valence-corrected chi connectivity index (χ2v) is 16.6. The fourth-order valence-electron chi connectivity index (χ4n) is 3.94. The molecule has 7 heteroatoms. The lowest BCUT2D eigenvalue weighted by molar-refractivity contribution is -0.0657. The molecule has 1 N–H and O–H groups in total. The molecule has 0 radical (unpaired) electrons. The molecule has 0 spiro atoms. The van der Waals surface area contributed by atoms with Gasteiger partial charge in [0.2, 0.25) is 0 Å². The van der Waals surface area contributed by atoms with Crippen LogP contribution in [0.4, 0.5) is 0 Å². The average molecular weight is 557 g/mol. The van der Waals surface area contributed by atoms with Gasteiger partial charge in [0, 0.05) is 0 Å². The molecule has 0 amide bonds. The van der Waals surface area contributed by atoms with E-state index in [-0.39, 0.29) is 30.0 Å². The quantitative estimate of drug-likeness (QED) is 0.133. The molecule has 39 heavy (non-hydrogen) atoms. The fourth-order valence-corrected chi connectivity index (χ4v) is 4.96. The SMILES string of the molecule is COc1ccc(CO[C@H](CC/C=C\C[C@@H]2O[C@@H]2COCc2ccccc2)[C@@H](O)CO[Si](C)(C)C(C)(C)C)cc1. The van der Waals surface area contributed by atoms with Crippen molar-refractivity contribution >= 4 is 8.32 Å². The van der Waals surface area contributed by atoms with E-state index in [1.54, 1.807) is 7.11 Å². The number of allylic oxidation sites excluding steroid dienone is 1. The predicted octanol–water partition coefficient (Wildman–Crippen LogP) is 6.67. The Labute approximate surface area is 236 Å². The maximum atomic E-state index is 11.0. The van der Waals surface area contributed by atoms with Crippen LogP contribution < -0.4 is 4.74 Å². The number of hydrogen-bond acceptors (Lipinski definition) is 6. The highest BCUT2D eigenvalue weighted by Gasteiger charge is 2.38. The molecule has 6 nitrogen and oxygen atoms in total. The summed E-state index contributed by atoms with van der Waals surface area (Å²) in [5.74, 6) is 0.813. The number of aliphatic hydroxyl groups excluding tert-OH is 1.